The molecule has 0 aliphatic carbocycles. The SMILES string of the molecule is CC.CCSC(C=O)CC(=O)N(C)C(C)C. The van der Waals surface area contributed by atoms with Gasteiger partial charge in [-0.25, -0.2) is 0 Å². The van der Waals surface area contributed by atoms with Crippen molar-refractivity contribution in [2.75, 3.05) is 12.8 Å². The molecule has 1 amide bonds. The lowest BCUT2D eigenvalue weighted by molar-refractivity contribution is -0.132. The smallest absolute Gasteiger partial charge is 0.224 e. The van der Waals surface area contributed by atoms with E-state index in [0.717, 1.165) is 12.0 Å². The normalized spacial score (nSPS) is 11.4. The van der Waals surface area contributed by atoms with Gasteiger partial charge in [0.15, 0.2) is 0 Å². The summed E-state index contributed by atoms with van der Waals surface area (Å²) in [6.07, 6.45) is 1.18. The Morgan fingerprint density at radius 2 is 1.88 bits per heavy atom. The Labute approximate surface area is 104 Å². The number of amides is 1. The average Bonchev–Trinajstić information content (AvgIpc) is 2.29. The van der Waals surface area contributed by atoms with Crippen molar-refractivity contribution in [2.45, 2.75) is 52.3 Å². The Morgan fingerprint density at radius 1 is 1.38 bits per heavy atom. The van der Waals surface area contributed by atoms with Crippen LogP contribution in [0.1, 0.15) is 41.0 Å². The zero-order valence-corrected chi connectivity index (χ0v) is 12.1. The number of carbonyl (C=O) groups is 2. The van der Waals surface area contributed by atoms with E-state index in [9.17, 15) is 9.59 Å². The molecule has 0 spiro atoms. The largest absolute Gasteiger partial charge is 0.343 e. The molecule has 0 saturated carbocycles. The van der Waals surface area contributed by atoms with Crippen molar-refractivity contribution in [3.05, 3.63) is 0 Å². The molecule has 0 fully saturated rings. The highest BCUT2D eigenvalue weighted by atomic mass is 32.2. The predicted molar refractivity (Wildman–Crippen MR) is 71.9 cm³/mol. The van der Waals surface area contributed by atoms with Crippen molar-refractivity contribution in [1.29, 1.82) is 0 Å². The molecule has 4 heteroatoms. The van der Waals surface area contributed by atoms with Gasteiger partial charge in [-0.3, -0.25) is 4.79 Å². The molecule has 3 nitrogen and oxygen atoms in total. The summed E-state index contributed by atoms with van der Waals surface area (Å²) >= 11 is 1.52. The molecule has 0 aromatic carbocycles. The molecule has 0 aromatic heterocycles. The first-order valence-electron chi connectivity index (χ1n) is 5.85. The van der Waals surface area contributed by atoms with Crippen LogP contribution in [0.25, 0.3) is 0 Å². The second kappa shape index (κ2) is 11.0. The van der Waals surface area contributed by atoms with E-state index in [2.05, 4.69) is 0 Å². The second-order valence-corrected chi connectivity index (χ2v) is 4.95. The van der Waals surface area contributed by atoms with E-state index in [1.54, 1.807) is 11.9 Å². The van der Waals surface area contributed by atoms with Gasteiger partial charge in [-0.1, -0.05) is 20.8 Å². The second-order valence-electron chi connectivity index (χ2n) is 3.43. The van der Waals surface area contributed by atoms with Crippen LogP contribution in [0.15, 0.2) is 0 Å². The first kappa shape index (κ1) is 17.9. The summed E-state index contributed by atoms with van der Waals surface area (Å²) in [4.78, 5) is 23.9. The fraction of sp³-hybridized carbons (Fsp3) is 0.833. The van der Waals surface area contributed by atoms with E-state index >= 15 is 0 Å². The van der Waals surface area contributed by atoms with Crippen LogP contribution in [-0.2, 0) is 9.59 Å². The highest BCUT2D eigenvalue weighted by Crippen LogP contribution is 2.13. The molecular weight excluding hydrogens is 222 g/mol. The van der Waals surface area contributed by atoms with E-state index in [1.165, 1.54) is 11.8 Å². The van der Waals surface area contributed by atoms with E-state index in [4.69, 9.17) is 0 Å². The van der Waals surface area contributed by atoms with Crippen LogP contribution in [0.3, 0.4) is 0 Å². The number of thioether (sulfide) groups is 1. The van der Waals surface area contributed by atoms with Gasteiger partial charge in [-0.05, 0) is 19.6 Å². The summed E-state index contributed by atoms with van der Waals surface area (Å²) in [5.74, 6) is 0.903. The molecule has 96 valence electrons. The maximum Gasteiger partial charge on any atom is 0.224 e. The Morgan fingerprint density at radius 3 is 2.19 bits per heavy atom. The zero-order chi connectivity index (χ0) is 13.1. The highest BCUT2D eigenvalue weighted by Gasteiger charge is 2.17. The Balaban J connectivity index is 0. The minimum atomic E-state index is -0.186. The average molecular weight is 247 g/mol. The molecule has 0 rings (SSSR count). The fourth-order valence-electron chi connectivity index (χ4n) is 0.964. The fourth-order valence-corrected chi connectivity index (χ4v) is 1.73. The third-order valence-corrected chi connectivity index (χ3v) is 3.12. The molecule has 0 heterocycles. The summed E-state index contributed by atoms with van der Waals surface area (Å²) in [6, 6.07) is 0.196. The lowest BCUT2D eigenvalue weighted by Crippen LogP contribution is -2.34. The van der Waals surface area contributed by atoms with Gasteiger partial charge >= 0.3 is 0 Å². The predicted octanol–water partition coefficient (Wildman–Crippen LogP) is 2.59. The molecule has 0 saturated heterocycles. The first-order valence-corrected chi connectivity index (χ1v) is 6.90. The summed E-state index contributed by atoms with van der Waals surface area (Å²) in [5, 5.41) is -0.186. The summed E-state index contributed by atoms with van der Waals surface area (Å²) in [7, 11) is 1.77. The number of aldehydes is 1. The van der Waals surface area contributed by atoms with Crippen LogP contribution >= 0.6 is 11.8 Å². The van der Waals surface area contributed by atoms with Crippen molar-refractivity contribution in [2.24, 2.45) is 0 Å². The van der Waals surface area contributed by atoms with Crippen LogP contribution in [0.4, 0.5) is 0 Å². The molecule has 0 aromatic rings. The van der Waals surface area contributed by atoms with E-state index in [-0.39, 0.29) is 17.2 Å². The quantitative estimate of drug-likeness (QED) is 0.677. The third kappa shape index (κ3) is 7.74. The van der Waals surface area contributed by atoms with Gasteiger partial charge in [-0.15, -0.1) is 0 Å². The first-order chi connectivity index (χ1) is 7.52. The van der Waals surface area contributed by atoms with Gasteiger partial charge in [0, 0.05) is 19.5 Å². The van der Waals surface area contributed by atoms with Gasteiger partial charge in [0.2, 0.25) is 5.91 Å². The zero-order valence-electron chi connectivity index (χ0n) is 11.3. The van der Waals surface area contributed by atoms with Crippen molar-refractivity contribution in [3.63, 3.8) is 0 Å². The van der Waals surface area contributed by atoms with E-state index < -0.39 is 0 Å². The number of carbonyl (C=O) groups excluding carboxylic acids is 2. The van der Waals surface area contributed by atoms with Gasteiger partial charge in [0.25, 0.3) is 0 Å². The number of hydrogen-bond donors (Lipinski definition) is 0. The highest BCUT2D eigenvalue weighted by molar-refractivity contribution is 8.00. The van der Waals surface area contributed by atoms with Crippen molar-refractivity contribution >= 4 is 24.0 Å². The van der Waals surface area contributed by atoms with Crippen LogP contribution < -0.4 is 0 Å². The van der Waals surface area contributed by atoms with Gasteiger partial charge in [-0.2, -0.15) is 11.8 Å². The number of hydrogen-bond acceptors (Lipinski definition) is 3. The Kier molecular flexibility index (Phi) is 12.3. The number of rotatable bonds is 6. The molecule has 1 unspecified atom stereocenters. The van der Waals surface area contributed by atoms with Crippen molar-refractivity contribution in [3.8, 4) is 0 Å². The molecule has 0 N–H and O–H groups in total. The molecule has 0 aliphatic heterocycles. The lowest BCUT2D eigenvalue weighted by atomic mass is 10.2. The van der Waals surface area contributed by atoms with Gasteiger partial charge < -0.3 is 9.69 Å². The molecule has 1 atom stereocenters. The molecule has 0 radical (unpaired) electrons. The maximum absolute atomic E-state index is 11.6. The summed E-state index contributed by atoms with van der Waals surface area (Å²) in [6.45, 7) is 9.90. The topological polar surface area (TPSA) is 37.4 Å². The molecular formula is C12H25NO2S. The molecule has 0 aliphatic rings. The monoisotopic (exact) mass is 247 g/mol. The summed E-state index contributed by atoms with van der Waals surface area (Å²) < 4.78 is 0. The number of nitrogens with zero attached hydrogens (tertiary/aromatic N) is 1. The minimum absolute atomic E-state index is 0.0399. The van der Waals surface area contributed by atoms with Gasteiger partial charge in [0.1, 0.15) is 6.29 Å². The summed E-state index contributed by atoms with van der Waals surface area (Å²) in [5.41, 5.74) is 0. The third-order valence-electron chi connectivity index (χ3n) is 2.08. The van der Waals surface area contributed by atoms with Crippen LogP contribution in [0.5, 0.6) is 0 Å². The Bertz CT molecular complexity index is 195. The van der Waals surface area contributed by atoms with Crippen molar-refractivity contribution in [1.82, 2.24) is 4.90 Å². The van der Waals surface area contributed by atoms with Crippen LogP contribution in [0, 0.1) is 0 Å². The van der Waals surface area contributed by atoms with Crippen LogP contribution in [0.2, 0.25) is 0 Å². The van der Waals surface area contributed by atoms with Crippen LogP contribution in [-0.4, -0.2) is 41.2 Å². The van der Waals surface area contributed by atoms with E-state index in [1.807, 2.05) is 34.6 Å². The van der Waals surface area contributed by atoms with Crippen molar-refractivity contribution < 1.29 is 9.59 Å². The van der Waals surface area contributed by atoms with Gasteiger partial charge in [0.05, 0.1) is 5.25 Å². The minimum Gasteiger partial charge on any atom is -0.343 e. The molecule has 16 heavy (non-hydrogen) atoms. The molecule has 0 bridgehead atoms. The standard InChI is InChI=1S/C10H19NO2S.C2H6/c1-5-14-9(7-12)6-10(13)11(4)8(2)3;1-2/h7-9H,5-6H2,1-4H3;1-2H3. The lowest BCUT2D eigenvalue weighted by Gasteiger charge is -2.22. The van der Waals surface area contributed by atoms with E-state index in [0.29, 0.717) is 6.42 Å². The Hall–Kier alpha value is -0.510. The maximum atomic E-state index is 11.6.